The molecule has 0 saturated carbocycles. The summed E-state index contributed by atoms with van der Waals surface area (Å²) in [6.45, 7) is 3.98. The molecule has 3 aromatic rings. The minimum absolute atomic E-state index is 0.107. The number of rotatable bonds is 2. The van der Waals surface area contributed by atoms with Crippen LogP contribution in [0.25, 0.3) is 16.9 Å². The van der Waals surface area contributed by atoms with Crippen LogP contribution in [-0.2, 0) is 0 Å². The summed E-state index contributed by atoms with van der Waals surface area (Å²) >= 11 is 0. The van der Waals surface area contributed by atoms with E-state index in [4.69, 9.17) is 0 Å². The molecule has 0 atom stereocenters. The van der Waals surface area contributed by atoms with E-state index >= 15 is 0 Å². The summed E-state index contributed by atoms with van der Waals surface area (Å²) < 4.78 is 1.77. The summed E-state index contributed by atoms with van der Waals surface area (Å²) in [7, 11) is 3.44. The normalized spacial score (nSPS) is 10.9. The highest BCUT2D eigenvalue weighted by Gasteiger charge is 2.15. The summed E-state index contributed by atoms with van der Waals surface area (Å²) in [5, 5.41) is 4.62. The maximum absolute atomic E-state index is 12.1. The zero-order valence-corrected chi connectivity index (χ0v) is 13.2. The van der Waals surface area contributed by atoms with Crippen molar-refractivity contribution in [3.05, 3.63) is 53.3 Å². The van der Waals surface area contributed by atoms with Crippen LogP contribution in [0.4, 0.5) is 0 Å². The highest BCUT2D eigenvalue weighted by molar-refractivity contribution is 5.92. The largest absolute Gasteiger partial charge is 0.343 e. The summed E-state index contributed by atoms with van der Waals surface area (Å²) in [6.07, 6.45) is 0. The van der Waals surface area contributed by atoms with E-state index in [2.05, 4.69) is 23.1 Å². The molecule has 2 heterocycles. The van der Waals surface area contributed by atoms with Crippen molar-refractivity contribution in [1.82, 2.24) is 19.5 Å². The molecule has 22 heavy (non-hydrogen) atoms. The van der Waals surface area contributed by atoms with E-state index in [1.807, 2.05) is 31.2 Å². The van der Waals surface area contributed by atoms with Gasteiger partial charge in [-0.2, -0.15) is 5.10 Å². The van der Waals surface area contributed by atoms with Crippen molar-refractivity contribution in [1.29, 1.82) is 0 Å². The molecule has 0 bridgehead atoms. The standard InChI is InChI=1S/C17H18N4O/c1-11-7-5-6-8-13(11)14-10-16-18-15(17(22)20(3)4)9-12(2)21(16)19-14/h5-10H,1-4H3. The fourth-order valence-electron chi connectivity index (χ4n) is 2.46. The van der Waals surface area contributed by atoms with Crippen molar-refractivity contribution in [2.24, 2.45) is 0 Å². The highest BCUT2D eigenvalue weighted by atomic mass is 16.2. The van der Waals surface area contributed by atoms with E-state index in [9.17, 15) is 4.79 Å². The first-order valence-electron chi connectivity index (χ1n) is 7.12. The molecule has 3 rings (SSSR count). The second kappa shape index (κ2) is 5.26. The molecular formula is C17H18N4O. The van der Waals surface area contributed by atoms with Gasteiger partial charge in [-0.25, -0.2) is 9.50 Å². The van der Waals surface area contributed by atoms with E-state index in [0.717, 1.165) is 22.5 Å². The van der Waals surface area contributed by atoms with E-state index in [1.165, 1.54) is 4.90 Å². The molecule has 2 aromatic heterocycles. The van der Waals surface area contributed by atoms with Crippen LogP contribution in [0, 0.1) is 13.8 Å². The lowest BCUT2D eigenvalue weighted by atomic mass is 10.1. The fraction of sp³-hybridized carbons (Fsp3) is 0.235. The van der Waals surface area contributed by atoms with Crippen LogP contribution in [0.2, 0.25) is 0 Å². The number of fused-ring (bicyclic) bond motifs is 1. The van der Waals surface area contributed by atoms with Gasteiger partial charge in [-0.15, -0.1) is 0 Å². The van der Waals surface area contributed by atoms with Gasteiger partial charge in [0.05, 0.1) is 5.69 Å². The fourth-order valence-corrected chi connectivity index (χ4v) is 2.46. The summed E-state index contributed by atoms with van der Waals surface area (Å²) in [5.41, 5.74) is 5.11. The molecule has 5 nitrogen and oxygen atoms in total. The predicted molar refractivity (Wildman–Crippen MR) is 85.9 cm³/mol. The molecule has 0 aliphatic rings. The third-order valence-electron chi connectivity index (χ3n) is 3.65. The van der Waals surface area contributed by atoms with Gasteiger partial charge in [0.1, 0.15) is 5.69 Å². The van der Waals surface area contributed by atoms with Crippen LogP contribution < -0.4 is 0 Å². The molecule has 112 valence electrons. The van der Waals surface area contributed by atoms with Gasteiger partial charge in [-0.3, -0.25) is 4.79 Å². The van der Waals surface area contributed by atoms with Gasteiger partial charge in [0.15, 0.2) is 5.65 Å². The molecule has 0 spiro atoms. The van der Waals surface area contributed by atoms with Crippen LogP contribution in [0.15, 0.2) is 36.4 Å². The molecule has 0 aliphatic carbocycles. The number of hydrogen-bond acceptors (Lipinski definition) is 3. The monoisotopic (exact) mass is 294 g/mol. The molecule has 0 fully saturated rings. The Labute approximate surface area is 129 Å². The van der Waals surface area contributed by atoms with Crippen molar-refractivity contribution in [3.8, 4) is 11.3 Å². The number of aromatic nitrogens is 3. The Kier molecular flexibility index (Phi) is 3.41. The Hall–Kier alpha value is -2.69. The van der Waals surface area contributed by atoms with Crippen LogP contribution in [0.1, 0.15) is 21.7 Å². The average Bonchev–Trinajstić information content (AvgIpc) is 2.91. The first kappa shape index (κ1) is 14.3. The van der Waals surface area contributed by atoms with Gasteiger partial charge >= 0.3 is 0 Å². The molecule has 0 aliphatic heterocycles. The van der Waals surface area contributed by atoms with Crippen molar-refractivity contribution >= 4 is 11.6 Å². The minimum atomic E-state index is -0.107. The summed E-state index contributed by atoms with van der Waals surface area (Å²) in [6, 6.07) is 11.8. The van der Waals surface area contributed by atoms with Crippen LogP contribution >= 0.6 is 0 Å². The Bertz CT molecular complexity index is 864. The van der Waals surface area contributed by atoms with Crippen molar-refractivity contribution in [2.75, 3.05) is 14.1 Å². The Balaban J connectivity index is 2.16. The second-order valence-corrected chi connectivity index (χ2v) is 5.60. The van der Waals surface area contributed by atoms with Crippen LogP contribution in [0.3, 0.4) is 0 Å². The summed E-state index contributed by atoms with van der Waals surface area (Å²) in [5.74, 6) is -0.107. The molecule has 5 heteroatoms. The first-order chi connectivity index (χ1) is 10.5. The molecular weight excluding hydrogens is 276 g/mol. The third-order valence-corrected chi connectivity index (χ3v) is 3.65. The van der Waals surface area contributed by atoms with E-state index in [-0.39, 0.29) is 5.91 Å². The number of aryl methyl sites for hydroxylation is 2. The zero-order valence-electron chi connectivity index (χ0n) is 13.2. The number of nitrogens with zero attached hydrogens (tertiary/aromatic N) is 4. The Morgan fingerprint density at radius 3 is 2.55 bits per heavy atom. The zero-order chi connectivity index (χ0) is 15.9. The third kappa shape index (κ3) is 2.35. The number of carbonyl (C=O) groups is 1. The molecule has 1 amide bonds. The van der Waals surface area contributed by atoms with Gasteiger partial charge < -0.3 is 4.90 Å². The average molecular weight is 294 g/mol. The Morgan fingerprint density at radius 2 is 1.86 bits per heavy atom. The van der Waals surface area contributed by atoms with E-state index in [1.54, 1.807) is 24.7 Å². The summed E-state index contributed by atoms with van der Waals surface area (Å²) in [4.78, 5) is 18.1. The molecule has 0 radical (unpaired) electrons. The van der Waals surface area contributed by atoms with Crippen molar-refractivity contribution in [3.63, 3.8) is 0 Å². The van der Waals surface area contributed by atoms with Gasteiger partial charge in [-0.05, 0) is 25.5 Å². The SMILES string of the molecule is Cc1ccccc1-c1cc2nc(C(=O)N(C)C)cc(C)n2n1. The molecule has 0 unspecified atom stereocenters. The minimum Gasteiger partial charge on any atom is -0.343 e. The molecule has 0 saturated heterocycles. The predicted octanol–water partition coefficient (Wildman–Crippen LogP) is 2.71. The lowest BCUT2D eigenvalue weighted by molar-refractivity contribution is 0.0822. The number of benzene rings is 1. The Morgan fingerprint density at radius 1 is 1.14 bits per heavy atom. The van der Waals surface area contributed by atoms with E-state index < -0.39 is 0 Å². The number of hydrogen-bond donors (Lipinski definition) is 0. The molecule has 1 aromatic carbocycles. The van der Waals surface area contributed by atoms with Gasteiger partial charge in [-0.1, -0.05) is 24.3 Å². The maximum Gasteiger partial charge on any atom is 0.272 e. The molecule has 0 N–H and O–H groups in total. The van der Waals surface area contributed by atoms with Crippen LogP contribution in [-0.4, -0.2) is 39.5 Å². The second-order valence-electron chi connectivity index (χ2n) is 5.60. The number of carbonyl (C=O) groups excluding carboxylic acids is 1. The maximum atomic E-state index is 12.1. The highest BCUT2D eigenvalue weighted by Crippen LogP contribution is 2.23. The topological polar surface area (TPSA) is 50.5 Å². The van der Waals surface area contributed by atoms with E-state index in [0.29, 0.717) is 11.3 Å². The van der Waals surface area contributed by atoms with Gasteiger partial charge in [0.2, 0.25) is 0 Å². The van der Waals surface area contributed by atoms with Gasteiger partial charge in [0.25, 0.3) is 5.91 Å². The van der Waals surface area contributed by atoms with Gasteiger partial charge in [0, 0.05) is 31.4 Å². The van der Waals surface area contributed by atoms with Crippen molar-refractivity contribution in [2.45, 2.75) is 13.8 Å². The van der Waals surface area contributed by atoms with Crippen molar-refractivity contribution < 1.29 is 4.79 Å². The first-order valence-corrected chi connectivity index (χ1v) is 7.12. The quantitative estimate of drug-likeness (QED) is 0.730. The lowest BCUT2D eigenvalue weighted by Crippen LogP contribution is -2.23. The number of amides is 1. The smallest absolute Gasteiger partial charge is 0.272 e. The van der Waals surface area contributed by atoms with Crippen LogP contribution in [0.5, 0.6) is 0 Å². The lowest BCUT2D eigenvalue weighted by Gasteiger charge is -2.10.